The fourth-order valence-corrected chi connectivity index (χ4v) is 2.34. The SMILES string of the molecule is CCN1CCCC(NC(=O)NC(CCOC)C(=O)O)C1. The van der Waals surface area contributed by atoms with E-state index in [0.29, 0.717) is 6.61 Å². The molecule has 1 saturated heterocycles. The lowest BCUT2D eigenvalue weighted by atomic mass is 10.1. The molecule has 116 valence electrons. The number of nitrogens with one attached hydrogen (secondary N) is 2. The Kier molecular flexibility index (Phi) is 7.32. The number of likely N-dealkylation sites (N-methyl/N-ethyl adjacent to an activating group) is 1. The molecule has 0 bridgehead atoms. The van der Waals surface area contributed by atoms with Crippen LogP contribution >= 0.6 is 0 Å². The molecular weight excluding hydrogens is 262 g/mol. The molecule has 0 radical (unpaired) electrons. The molecule has 0 aliphatic carbocycles. The number of ether oxygens (including phenoxy) is 1. The average molecular weight is 287 g/mol. The molecule has 1 fully saturated rings. The zero-order chi connectivity index (χ0) is 15.0. The monoisotopic (exact) mass is 287 g/mol. The topological polar surface area (TPSA) is 90.9 Å². The van der Waals surface area contributed by atoms with Crippen molar-refractivity contribution in [2.75, 3.05) is 33.4 Å². The van der Waals surface area contributed by atoms with Crippen LogP contribution in [0.4, 0.5) is 4.79 Å². The number of carbonyl (C=O) groups is 2. The maximum absolute atomic E-state index is 11.8. The molecule has 1 heterocycles. The summed E-state index contributed by atoms with van der Waals surface area (Å²) >= 11 is 0. The van der Waals surface area contributed by atoms with Crippen LogP contribution in [0.15, 0.2) is 0 Å². The number of carboxylic acids is 1. The summed E-state index contributed by atoms with van der Waals surface area (Å²) in [4.78, 5) is 25.1. The Morgan fingerprint density at radius 2 is 2.25 bits per heavy atom. The molecule has 2 unspecified atom stereocenters. The molecule has 0 aromatic heterocycles. The lowest BCUT2D eigenvalue weighted by molar-refractivity contribution is -0.139. The fraction of sp³-hybridized carbons (Fsp3) is 0.846. The predicted molar refractivity (Wildman–Crippen MR) is 74.7 cm³/mol. The van der Waals surface area contributed by atoms with Crippen molar-refractivity contribution < 1.29 is 19.4 Å². The molecule has 1 rings (SSSR count). The molecule has 7 heteroatoms. The lowest BCUT2D eigenvalue weighted by Crippen LogP contribution is -2.53. The van der Waals surface area contributed by atoms with Crippen LogP contribution in [0.1, 0.15) is 26.2 Å². The first-order chi connectivity index (χ1) is 9.56. The van der Waals surface area contributed by atoms with Crippen LogP contribution in [0.2, 0.25) is 0 Å². The molecule has 0 spiro atoms. The summed E-state index contributed by atoms with van der Waals surface area (Å²) in [6.07, 6.45) is 2.23. The van der Waals surface area contributed by atoms with Crippen molar-refractivity contribution in [1.29, 1.82) is 0 Å². The summed E-state index contributed by atoms with van der Waals surface area (Å²) in [6, 6.07) is -1.25. The summed E-state index contributed by atoms with van der Waals surface area (Å²) in [5.74, 6) is -1.05. The smallest absolute Gasteiger partial charge is 0.326 e. The number of hydrogen-bond donors (Lipinski definition) is 3. The molecular formula is C13H25N3O4. The number of carbonyl (C=O) groups excluding carboxylic acids is 1. The summed E-state index contributed by atoms with van der Waals surface area (Å²) in [6.45, 7) is 5.23. The Bertz CT molecular complexity index is 325. The second-order valence-corrected chi connectivity index (χ2v) is 5.02. The molecule has 2 amide bonds. The van der Waals surface area contributed by atoms with Gasteiger partial charge >= 0.3 is 12.0 Å². The molecule has 1 aliphatic rings. The minimum atomic E-state index is -1.05. The third kappa shape index (κ3) is 5.75. The normalized spacial score (nSPS) is 21.2. The summed E-state index contributed by atoms with van der Waals surface area (Å²) < 4.78 is 4.84. The first-order valence-electron chi connectivity index (χ1n) is 7.08. The van der Waals surface area contributed by atoms with E-state index in [-0.39, 0.29) is 12.5 Å². The maximum Gasteiger partial charge on any atom is 0.326 e. The number of likely N-dealkylation sites (tertiary alicyclic amines) is 1. The standard InChI is InChI=1S/C13H25N3O4/c1-3-16-7-4-5-10(9-16)14-13(19)15-11(12(17)18)6-8-20-2/h10-11H,3-9H2,1-2H3,(H,17,18)(H2,14,15,19). The maximum atomic E-state index is 11.8. The summed E-state index contributed by atoms with van der Waals surface area (Å²) in [7, 11) is 1.50. The van der Waals surface area contributed by atoms with Gasteiger partial charge in [0.1, 0.15) is 6.04 Å². The molecule has 3 N–H and O–H groups in total. The molecule has 7 nitrogen and oxygen atoms in total. The van der Waals surface area contributed by atoms with E-state index in [9.17, 15) is 9.59 Å². The average Bonchev–Trinajstić information content (AvgIpc) is 2.43. The Morgan fingerprint density at radius 3 is 2.85 bits per heavy atom. The van der Waals surface area contributed by atoms with E-state index in [4.69, 9.17) is 9.84 Å². The molecule has 20 heavy (non-hydrogen) atoms. The van der Waals surface area contributed by atoms with Gasteiger partial charge in [-0.15, -0.1) is 0 Å². The van der Waals surface area contributed by atoms with E-state index in [1.165, 1.54) is 7.11 Å². The Hall–Kier alpha value is -1.34. The van der Waals surface area contributed by atoms with Crippen molar-refractivity contribution in [3.8, 4) is 0 Å². The second-order valence-electron chi connectivity index (χ2n) is 5.02. The van der Waals surface area contributed by atoms with Gasteiger partial charge in [0.2, 0.25) is 0 Å². The van der Waals surface area contributed by atoms with Crippen molar-refractivity contribution in [2.24, 2.45) is 0 Å². The van der Waals surface area contributed by atoms with E-state index < -0.39 is 18.0 Å². The van der Waals surface area contributed by atoms with Crippen LogP contribution in [0.3, 0.4) is 0 Å². The zero-order valence-corrected chi connectivity index (χ0v) is 12.2. The number of rotatable bonds is 7. The van der Waals surface area contributed by atoms with Gasteiger partial charge in [-0.2, -0.15) is 0 Å². The van der Waals surface area contributed by atoms with E-state index in [1.54, 1.807) is 0 Å². The van der Waals surface area contributed by atoms with E-state index in [2.05, 4.69) is 22.5 Å². The van der Waals surface area contributed by atoms with Gasteiger partial charge in [0.25, 0.3) is 0 Å². The highest BCUT2D eigenvalue weighted by atomic mass is 16.5. The van der Waals surface area contributed by atoms with Gasteiger partial charge in [-0.05, 0) is 25.9 Å². The number of methoxy groups -OCH3 is 1. The first kappa shape index (κ1) is 16.7. The Labute approximate surface area is 119 Å². The number of aliphatic carboxylic acids is 1. The highest BCUT2D eigenvalue weighted by Crippen LogP contribution is 2.09. The molecule has 2 atom stereocenters. The fourth-order valence-electron chi connectivity index (χ4n) is 2.34. The van der Waals surface area contributed by atoms with E-state index in [1.807, 2.05) is 0 Å². The molecule has 0 saturated carbocycles. The van der Waals surface area contributed by atoms with Gasteiger partial charge in [0.05, 0.1) is 0 Å². The number of nitrogens with zero attached hydrogens (tertiary/aromatic N) is 1. The van der Waals surface area contributed by atoms with Gasteiger partial charge in [-0.1, -0.05) is 6.92 Å². The van der Waals surface area contributed by atoms with Crippen molar-refractivity contribution in [2.45, 2.75) is 38.3 Å². The van der Waals surface area contributed by atoms with Crippen molar-refractivity contribution >= 4 is 12.0 Å². The first-order valence-corrected chi connectivity index (χ1v) is 7.08. The molecule has 0 aromatic carbocycles. The van der Waals surface area contributed by atoms with Crippen molar-refractivity contribution in [3.63, 3.8) is 0 Å². The Balaban J connectivity index is 2.38. The van der Waals surface area contributed by atoms with Crippen molar-refractivity contribution in [1.82, 2.24) is 15.5 Å². The quantitative estimate of drug-likeness (QED) is 0.625. The minimum absolute atomic E-state index is 0.0839. The van der Waals surface area contributed by atoms with Crippen LogP contribution in [-0.2, 0) is 9.53 Å². The summed E-state index contributed by atoms with van der Waals surface area (Å²) in [5.41, 5.74) is 0. The molecule has 0 aromatic rings. The van der Waals surface area contributed by atoms with Crippen LogP contribution in [-0.4, -0.2) is 67.4 Å². The van der Waals surface area contributed by atoms with Crippen LogP contribution in [0, 0.1) is 0 Å². The summed E-state index contributed by atoms with van der Waals surface area (Å²) in [5, 5.41) is 14.4. The number of hydrogen-bond acceptors (Lipinski definition) is 4. The number of piperidine rings is 1. The number of amides is 2. The lowest BCUT2D eigenvalue weighted by Gasteiger charge is -2.32. The minimum Gasteiger partial charge on any atom is -0.480 e. The van der Waals surface area contributed by atoms with Crippen LogP contribution < -0.4 is 10.6 Å². The van der Waals surface area contributed by atoms with Crippen LogP contribution in [0.25, 0.3) is 0 Å². The highest BCUT2D eigenvalue weighted by molar-refractivity contribution is 5.82. The van der Waals surface area contributed by atoms with Crippen LogP contribution in [0.5, 0.6) is 0 Å². The van der Waals surface area contributed by atoms with Gasteiger partial charge < -0.3 is 25.4 Å². The van der Waals surface area contributed by atoms with Crippen molar-refractivity contribution in [3.05, 3.63) is 0 Å². The highest BCUT2D eigenvalue weighted by Gasteiger charge is 2.23. The number of carboxylic acid groups (broad SMARTS) is 1. The van der Waals surface area contributed by atoms with Gasteiger partial charge in [0.15, 0.2) is 0 Å². The zero-order valence-electron chi connectivity index (χ0n) is 12.2. The third-order valence-corrected chi connectivity index (χ3v) is 3.50. The van der Waals surface area contributed by atoms with Gasteiger partial charge in [0, 0.05) is 32.7 Å². The van der Waals surface area contributed by atoms with E-state index >= 15 is 0 Å². The van der Waals surface area contributed by atoms with E-state index in [0.717, 1.165) is 32.5 Å². The third-order valence-electron chi connectivity index (χ3n) is 3.50. The van der Waals surface area contributed by atoms with Gasteiger partial charge in [-0.25, -0.2) is 9.59 Å². The second kappa shape index (κ2) is 8.76. The molecule has 1 aliphatic heterocycles. The Morgan fingerprint density at radius 1 is 1.50 bits per heavy atom. The predicted octanol–water partition coefficient (Wildman–Crippen LogP) is 0.260. The largest absolute Gasteiger partial charge is 0.480 e. The van der Waals surface area contributed by atoms with Gasteiger partial charge in [-0.3, -0.25) is 0 Å². The number of urea groups is 1.